The molecule has 1 aromatic rings. The molecule has 1 saturated carbocycles. The van der Waals surface area contributed by atoms with Gasteiger partial charge in [0, 0.05) is 17.7 Å². The van der Waals surface area contributed by atoms with Crippen molar-refractivity contribution in [3.05, 3.63) is 39.9 Å². The van der Waals surface area contributed by atoms with E-state index in [-0.39, 0.29) is 17.6 Å². The van der Waals surface area contributed by atoms with Gasteiger partial charge >= 0.3 is 0 Å². The molecule has 0 aromatic heterocycles. The minimum absolute atomic E-state index is 0.0470. The lowest BCUT2D eigenvalue weighted by Crippen LogP contribution is -2.45. The van der Waals surface area contributed by atoms with E-state index in [2.05, 4.69) is 5.32 Å². The maximum Gasteiger partial charge on any atom is 0.269 e. The number of nitro groups is 1. The van der Waals surface area contributed by atoms with Crippen LogP contribution in [0.5, 0.6) is 0 Å². The largest absolute Gasteiger partial charge is 0.391 e. The maximum absolute atomic E-state index is 11.9. The SMILES string of the molecule is O=C(N[C@H]1CCCC[C@@H]1O)c1ccc([N+](=O)[O-])cc1. The Bertz CT molecular complexity index is 472. The summed E-state index contributed by atoms with van der Waals surface area (Å²) in [7, 11) is 0. The van der Waals surface area contributed by atoms with Crippen LogP contribution in [0.1, 0.15) is 36.0 Å². The van der Waals surface area contributed by atoms with Crippen LogP contribution in [0.4, 0.5) is 5.69 Å². The number of nitro benzene ring substituents is 1. The number of aliphatic hydroxyl groups excluding tert-OH is 1. The van der Waals surface area contributed by atoms with Crippen molar-refractivity contribution in [2.45, 2.75) is 37.8 Å². The van der Waals surface area contributed by atoms with Crippen LogP contribution >= 0.6 is 0 Å². The van der Waals surface area contributed by atoms with Crippen molar-refractivity contribution in [3.63, 3.8) is 0 Å². The highest BCUT2D eigenvalue weighted by molar-refractivity contribution is 5.94. The Balaban J connectivity index is 2.01. The van der Waals surface area contributed by atoms with Crippen molar-refractivity contribution in [1.82, 2.24) is 5.32 Å². The molecule has 0 heterocycles. The second-order valence-electron chi connectivity index (χ2n) is 4.74. The normalized spacial score (nSPS) is 22.8. The smallest absolute Gasteiger partial charge is 0.269 e. The number of hydrogen-bond donors (Lipinski definition) is 2. The average molecular weight is 264 g/mol. The molecule has 1 aliphatic rings. The number of aliphatic hydroxyl groups is 1. The Labute approximate surface area is 110 Å². The summed E-state index contributed by atoms with van der Waals surface area (Å²) >= 11 is 0. The van der Waals surface area contributed by atoms with Crippen LogP contribution < -0.4 is 5.32 Å². The number of carbonyl (C=O) groups is 1. The molecule has 1 amide bonds. The fraction of sp³-hybridized carbons (Fsp3) is 0.462. The summed E-state index contributed by atoms with van der Waals surface area (Å²) in [6, 6.07) is 5.21. The van der Waals surface area contributed by atoms with Gasteiger partial charge in [-0.25, -0.2) is 0 Å². The van der Waals surface area contributed by atoms with E-state index in [1.165, 1.54) is 24.3 Å². The number of rotatable bonds is 3. The van der Waals surface area contributed by atoms with Gasteiger partial charge < -0.3 is 10.4 Å². The summed E-state index contributed by atoms with van der Waals surface area (Å²) in [4.78, 5) is 22.0. The maximum atomic E-state index is 11.9. The number of carbonyl (C=O) groups excluding carboxylic acids is 1. The van der Waals surface area contributed by atoms with E-state index in [4.69, 9.17) is 0 Å². The quantitative estimate of drug-likeness (QED) is 0.641. The third-order valence-electron chi connectivity index (χ3n) is 3.39. The minimum Gasteiger partial charge on any atom is -0.391 e. The highest BCUT2D eigenvalue weighted by atomic mass is 16.6. The first-order valence-corrected chi connectivity index (χ1v) is 6.31. The first kappa shape index (κ1) is 13.5. The molecule has 0 aliphatic heterocycles. The van der Waals surface area contributed by atoms with Crippen LogP contribution in [0.2, 0.25) is 0 Å². The van der Waals surface area contributed by atoms with E-state index in [0.717, 1.165) is 19.3 Å². The molecule has 1 aliphatic carbocycles. The zero-order valence-corrected chi connectivity index (χ0v) is 10.4. The van der Waals surface area contributed by atoms with Gasteiger partial charge in [0.1, 0.15) is 0 Å². The average Bonchev–Trinajstić information content (AvgIpc) is 2.41. The van der Waals surface area contributed by atoms with E-state index in [0.29, 0.717) is 12.0 Å². The first-order valence-electron chi connectivity index (χ1n) is 6.31. The zero-order chi connectivity index (χ0) is 13.8. The van der Waals surface area contributed by atoms with Gasteiger partial charge in [0.2, 0.25) is 0 Å². The van der Waals surface area contributed by atoms with Crippen LogP contribution in [-0.2, 0) is 0 Å². The molecule has 2 atom stereocenters. The predicted octanol–water partition coefficient (Wildman–Crippen LogP) is 1.63. The molecule has 1 aromatic carbocycles. The van der Waals surface area contributed by atoms with Crippen molar-refractivity contribution in [1.29, 1.82) is 0 Å². The molecule has 0 radical (unpaired) electrons. The number of benzene rings is 1. The second-order valence-corrected chi connectivity index (χ2v) is 4.74. The summed E-state index contributed by atoms with van der Waals surface area (Å²) in [6.45, 7) is 0. The highest BCUT2D eigenvalue weighted by Crippen LogP contribution is 2.19. The summed E-state index contributed by atoms with van der Waals surface area (Å²) in [5.41, 5.74) is 0.317. The summed E-state index contributed by atoms with van der Waals surface area (Å²) < 4.78 is 0. The van der Waals surface area contributed by atoms with E-state index < -0.39 is 11.0 Å². The lowest BCUT2D eigenvalue weighted by molar-refractivity contribution is -0.384. The Morgan fingerprint density at radius 2 is 1.89 bits per heavy atom. The summed E-state index contributed by atoms with van der Waals surface area (Å²) in [6.07, 6.45) is 2.93. The van der Waals surface area contributed by atoms with Gasteiger partial charge in [-0.15, -0.1) is 0 Å². The number of hydrogen-bond acceptors (Lipinski definition) is 4. The molecule has 2 rings (SSSR count). The Morgan fingerprint density at radius 1 is 1.26 bits per heavy atom. The molecule has 0 spiro atoms. The molecule has 0 saturated heterocycles. The van der Waals surface area contributed by atoms with Gasteiger partial charge in [-0.1, -0.05) is 12.8 Å². The molecule has 19 heavy (non-hydrogen) atoms. The number of nitrogens with one attached hydrogen (secondary N) is 1. The third-order valence-corrected chi connectivity index (χ3v) is 3.39. The highest BCUT2D eigenvalue weighted by Gasteiger charge is 2.24. The lowest BCUT2D eigenvalue weighted by atomic mass is 9.92. The second kappa shape index (κ2) is 5.79. The van der Waals surface area contributed by atoms with Crippen LogP contribution in [-0.4, -0.2) is 28.1 Å². The van der Waals surface area contributed by atoms with Gasteiger partial charge in [0.25, 0.3) is 11.6 Å². The van der Waals surface area contributed by atoms with Crippen LogP contribution in [0.3, 0.4) is 0 Å². The molecular formula is C13H16N2O4. The Morgan fingerprint density at radius 3 is 2.47 bits per heavy atom. The van der Waals surface area contributed by atoms with Gasteiger partial charge in [0.15, 0.2) is 0 Å². The molecule has 6 heteroatoms. The molecule has 102 valence electrons. The van der Waals surface area contributed by atoms with Crippen molar-refractivity contribution in [2.24, 2.45) is 0 Å². The fourth-order valence-electron chi connectivity index (χ4n) is 2.27. The monoisotopic (exact) mass is 264 g/mol. The van der Waals surface area contributed by atoms with Gasteiger partial charge in [0.05, 0.1) is 17.1 Å². The molecule has 2 N–H and O–H groups in total. The summed E-state index contributed by atoms with van der Waals surface area (Å²) in [5.74, 6) is -0.305. The number of nitrogens with zero attached hydrogens (tertiary/aromatic N) is 1. The van der Waals surface area contributed by atoms with Crippen molar-refractivity contribution in [3.8, 4) is 0 Å². The molecular weight excluding hydrogens is 248 g/mol. The van der Waals surface area contributed by atoms with Crippen LogP contribution in [0.15, 0.2) is 24.3 Å². The minimum atomic E-state index is -0.507. The third kappa shape index (κ3) is 3.29. The van der Waals surface area contributed by atoms with E-state index in [1.807, 2.05) is 0 Å². The predicted molar refractivity (Wildman–Crippen MR) is 68.8 cm³/mol. The van der Waals surface area contributed by atoms with Gasteiger partial charge in [-0.2, -0.15) is 0 Å². The molecule has 1 fully saturated rings. The Kier molecular flexibility index (Phi) is 4.11. The van der Waals surface area contributed by atoms with Gasteiger partial charge in [-0.3, -0.25) is 14.9 Å². The zero-order valence-electron chi connectivity index (χ0n) is 10.4. The molecule has 0 bridgehead atoms. The van der Waals surface area contributed by atoms with E-state index in [1.54, 1.807) is 0 Å². The van der Waals surface area contributed by atoms with Crippen LogP contribution in [0.25, 0.3) is 0 Å². The molecule has 6 nitrogen and oxygen atoms in total. The van der Waals surface area contributed by atoms with Crippen LogP contribution in [0, 0.1) is 10.1 Å². The van der Waals surface area contributed by atoms with E-state index in [9.17, 15) is 20.0 Å². The first-order chi connectivity index (χ1) is 9.08. The van der Waals surface area contributed by atoms with E-state index >= 15 is 0 Å². The van der Waals surface area contributed by atoms with Gasteiger partial charge in [-0.05, 0) is 25.0 Å². The topological polar surface area (TPSA) is 92.5 Å². The molecule has 0 unspecified atom stereocenters. The number of amides is 1. The summed E-state index contributed by atoms with van der Waals surface area (Å²) in [5, 5.41) is 23.1. The van der Waals surface area contributed by atoms with Crippen molar-refractivity contribution >= 4 is 11.6 Å². The lowest BCUT2D eigenvalue weighted by Gasteiger charge is -2.28. The Hall–Kier alpha value is -1.95. The number of non-ortho nitro benzene ring substituents is 1. The van der Waals surface area contributed by atoms with Crippen molar-refractivity contribution in [2.75, 3.05) is 0 Å². The standard InChI is InChI=1S/C13H16N2O4/c16-12-4-2-1-3-11(12)14-13(17)9-5-7-10(8-6-9)15(18)19/h5-8,11-12,16H,1-4H2,(H,14,17)/t11-,12-/m0/s1. The van der Waals surface area contributed by atoms with Crippen molar-refractivity contribution < 1.29 is 14.8 Å². The fourth-order valence-corrected chi connectivity index (χ4v) is 2.27.